The summed E-state index contributed by atoms with van der Waals surface area (Å²) in [6.45, 7) is 9.81. The second-order valence-corrected chi connectivity index (χ2v) is 10.6. The second kappa shape index (κ2) is 21.5. The molecular weight excluding hydrogens is 498 g/mol. The number of Topliss-reactive ketones (excluding diaryl/α,β-unsaturated/α-hetero) is 1. The van der Waals surface area contributed by atoms with Crippen molar-refractivity contribution >= 4 is 17.8 Å². The summed E-state index contributed by atoms with van der Waals surface area (Å²) in [6, 6.07) is -0.340. The largest absolute Gasteiger partial charge is 0.480 e. The average molecular weight is 554 g/mol. The molecule has 5 N–H and O–H groups in total. The Morgan fingerprint density at radius 1 is 0.949 bits per heavy atom. The third kappa shape index (κ3) is 15.8. The summed E-state index contributed by atoms with van der Waals surface area (Å²) in [5.41, 5.74) is 6.81. The Morgan fingerprint density at radius 3 is 2.31 bits per heavy atom. The van der Waals surface area contributed by atoms with E-state index in [9.17, 15) is 19.5 Å². The summed E-state index contributed by atoms with van der Waals surface area (Å²) < 4.78 is 5.27. The first-order valence-electron chi connectivity index (χ1n) is 15.3. The van der Waals surface area contributed by atoms with Gasteiger partial charge in [-0.05, 0) is 57.8 Å². The number of hydrogen-bond acceptors (Lipinski definition) is 8. The van der Waals surface area contributed by atoms with Crippen LogP contribution in [0.4, 0.5) is 4.79 Å². The van der Waals surface area contributed by atoms with Gasteiger partial charge in [-0.15, -0.1) is 5.53 Å². The molecule has 39 heavy (non-hydrogen) atoms. The fourth-order valence-corrected chi connectivity index (χ4v) is 4.89. The number of carboxylic acid groups (broad SMARTS) is 1. The molecule has 0 saturated heterocycles. The van der Waals surface area contributed by atoms with Gasteiger partial charge in [-0.25, -0.2) is 4.79 Å². The zero-order chi connectivity index (χ0) is 28.9. The molecule has 0 aromatic carbocycles. The van der Waals surface area contributed by atoms with Gasteiger partial charge >= 0.3 is 12.1 Å². The van der Waals surface area contributed by atoms with Crippen LogP contribution in [0.1, 0.15) is 118 Å². The Morgan fingerprint density at radius 2 is 1.67 bits per heavy atom. The summed E-state index contributed by atoms with van der Waals surface area (Å²) in [7, 11) is 0. The van der Waals surface area contributed by atoms with Gasteiger partial charge in [0.25, 0.3) is 0 Å². The van der Waals surface area contributed by atoms with E-state index in [4.69, 9.17) is 4.74 Å². The number of alkyl carbamates (subject to hydrolysis) is 1. The van der Waals surface area contributed by atoms with Crippen LogP contribution < -0.4 is 21.6 Å². The topological polar surface area (TPSA) is 132 Å². The first-order chi connectivity index (χ1) is 18.8. The van der Waals surface area contributed by atoms with Gasteiger partial charge in [0.05, 0.1) is 5.70 Å². The average Bonchev–Trinajstić information content (AvgIpc) is 3.37. The minimum atomic E-state index is -0.824. The number of ketones is 1. The van der Waals surface area contributed by atoms with E-state index in [-0.39, 0.29) is 18.6 Å². The van der Waals surface area contributed by atoms with Crippen molar-refractivity contribution in [3.05, 3.63) is 11.9 Å². The quantitative estimate of drug-likeness (QED) is 0.105. The van der Waals surface area contributed by atoms with Gasteiger partial charge in [-0.3, -0.25) is 14.6 Å². The van der Waals surface area contributed by atoms with Crippen LogP contribution in [-0.4, -0.2) is 59.7 Å². The Kier molecular flexibility index (Phi) is 19.1. The predicted octanol–water partition coefficient (Wildman–Crippen LogP) is 5.02. The third-order valence-electron chi connectivity index (χ3n) is 7.14. The molecule has 10 heteroatoms. The molecular formula is C29H55N5O5. The normalized spacial score (nSPS) is 14.6. The van der Waals surface area contributed by atoms with Gasteiger partial charge in [-0.2, -0.15) is 0 Å². The van der Waals surface area contributed by atoms with Crippen LogP contribution >= 0.6 is 0 Å². The van der Waals surface area contributed by atoms with Crippen molar-refractivity contribution in [3.63, 3.8) is 0 Å². The van der Waals surface area contributed by atoms with E-state index in [0.29, 0.717) is 38.0 Å². The molecule has 0 bridgehead atoms. The van der Waals surface area contributed by atoms with E-state index >= 15 is 0 Å². The number of carbonyl (C=O) groups is 3. The number of carbonyl (C=O) groups excluding carboxylic acids is 2. The summed E-state index contributed by atoms with van der Waals surface area (Å²) >= 11 is 0. The van der Waals surface area contributed by atoms with Gasteiger partial charge in [0.2, 0.25) is 0 Å². The van der Waals surface area contributed by atoms with E-state index in [1.807, 2.05) is 11.2 Å². The number of hydrogen-bond donors (Lipinski definition) is 5. The fourth-order valence-electron chi connectivity index (χ4n) is 4.89. The maximum absolute atomic E-state index is 12.4. The zero-order valence-electron chi connectivity index (χ0n) is 24.9. The van der Waals surface area contributed by atoms with E-state index in [1.54, 1.807) is 0 Å². The van der Waals surface area contributed by atoms with Gasteiger partial charge in [-0.1, -0.05) is 53.4 Å². The van der Waals surface area contributed by atoms with Gasteiger partial charge in [0.1, 0.15) is 18.4 Å². The highest BCUT2D eigenvalue weighted by atomic mass is 16.5. The first-order valence-corrected chi connectivity index (χ1v) is 15.3. The molecule has 0 aromatic rings. The number of unbranched alkanes of at least 4 members (excludes halogenated alkanes) is 3. The van der Waals surface area contributed by atoms with Crippen LogP contribution in [0.5, 0.6) is 0 Å². The van der Waals surface area contributed by atoms with Gasteiger partial charge < -0.3 is 25.9 Å². The Labute approximate surface area is 236 Å². The summed E-state index contributed by atoms with van der Waals surface area (Å²) in [5.74, 6) is -0.163. The van der Waals surface area contributed by atoms with Crippen molar-refractivity contribution in [2.45, 2.75) is 130 Å². The lowest BCUT2D eigenvalue weighted by Crippen LogP contribution is -2.43. The van der Waals surface area contributed by atoms with Crippen LogP contribution in [0.25, 0.3) is 0 Å². The molecule has 0 aliphatic carbocycles. The molecule has 2 atom stereocenters. The zero-order valence-corrected chi connectivity index (χ0v) is 24.9. The first kappa shape index (κ1) is 34.7. The van der Waals surface area contributed by atoms with Crippen molar-refractivity contribution in [2.75, 3.05) is 19.7 Å². The number of amides is 1. The Hall–Kier alpha value is -2.33. The Balaban J connectivity index is 2.16. The lowest BCUT2D eigenvalue weighted by atomic mass is 9.91. The molecule has 0 radical (unpaired) electrons. The number of aliphatic carboxylic acids is 1. The van der Waals surface area contributed by atoms with Crippen LogP contribution in [0.15, 0.2) is 11.9 Å². The molecule has 1 aliphatic rings. The molecule has 0 aromatic heterocycles. The summed E-state index contributed by atoms with van der Waals surface area (Å²) in [6.07, 6.45) is 13.9. The molecule has 0 spiro atoms. The van der Waals surface area contributed by atoms with Crippen LogP contribution in [0.3, 0.4) is 0 Å². The lowest BCUT2D eigenvalue weighted by molar-refractivity contribution is -0.140. The van der Waals surface area contributed by atoms with Crippen molar-refractivity contribution < 1.29 is 24.2 Å². The molecule has 1 heterocycles. The molecule has 0 saturated carbocycles. The molecule has 226 valence electrons. The maximum Gasteiger partial charge on any atom is 0.407 e. The molecule has 1 amide bonds. The second-order valence-electron chi connectivity index (χ2n) is 10.6. The predicted molar refractivity (Wildman–Crippen MR) is 155 cm³/mol. The number of hydrazine groups is 2. The summed E-state index contributed by atoms with van der Waals surface area (Å²) in [5, 5.41) is 17.4. The smallest absolute Gasteiger partial charge is 0.407 e. The maximum atomic E-state index is 12.4. The highest BCUT2D eigenvalue weighted by Gasteiger charge is 2.20. The van der Waals surface area contributed by atoms with Crippen LogP contribution in [0, 0.1) is 5.92 Å². The standard InChI is InChI=1S/C29H55N5O5/c1-5-14-23(15-6-2)27(35)18-10-9-13-20-34-21-25(32-33-34)22-39-29(38)30-19-12-11-17-26(28(36)37)31-24(8-4)16-7-3/h21,23-24,26,31-33H,5-20,22H2,1-4H3,(H,30,38)(H,36,37). The van der Waals surface area contributed by atoms with E-state index in [2.05, 4.69) is 49.3 Å². The highest BCUT2D eigenvalue weighted by molar-refractivity contribution is 5.80. The molecule has 2 unspecified atom stereocenters. The minimum Gasteiger partial charge on any atom is -0.480 e. The van der Waals surface area contributed by atoms with E-state index in [1.165, 1.54) is 0 Å². The lowest BCUT2D eigenvalue weighted by Gasteiger charge is -2.22. The number of carboxylic acids is 1. The van der Waals surface area contributed by atoms with Crippen LogP contribution in [0.2, 0.25) is 0 Å². The number of nitrogens with one attached hydrogen (secondary N) is 4. The Bertz CT molecular complexity index is 727. The molecule has 1 aliphatic heterocycles. The number of nitrogens with zero attached hydrogens (tertiary/aromatic N) is 1. The van der Waals surface area contributed by atoms with Crippen LogP contribution in [-0.2, 0) is 14.3 Å². The molecule has 10 nitrogen and oxygen atoms in total. The fraction of sp³-hybridized carbons (Fsp3) is 0.828. The van der Waals surface area contributed by atoms with Gasteiger partial charge in [0.15, 0.2) is 0 Å². The summed E-state index contributed by atoms with van der Waals surface area (Å²) in [4.78, 5) is 36.0. The van der Waals surface area contributed by atoms with Crippen molar-refractivity contribution in [1.82, 2.24) is 26.6 Å². The van der Waals surface area contributed by atoms with E-state index < -0.39 is 18.1 Å². The third-order valence-corrected chi connectivity index (χ3v) is 7.14. The highest BCUT2D eigenvalue weighted by Crippen LogP contribution is 2.18. The number of rotatable bonds is 24. The van der Waals surface area contributed by atoms with Gasteiger partial charge in [0, 0.05) is 37.7 Å². The molecule has 1 rings (SSSR count). The monoisotopic (exact) mass is 553 g/mol. The van der Waals surface area contributed by atoms with Crippen molar-refractivity contribution in [3.8, 4) is 0 Å². The van der Waals surface area contributed by atoms with E-state index in [0.717, 1.165) is 76.5 Å². The van der Waals surface area contributed by atoms with Crippen molar-refractivity contribution in [1.29, 1.82) is 0 Å². The molecule has 0 fully saturated rings. The van der Waals surface area contributed by atoms with Crippen molar-refractivity contribution in [2.24, 2.45) is 5.92 Å². The number of ether oxygens (including phenoxy) is 1. The SMILES string of the molecule is CCCC(CC)NC(CCCCNC(=O)OCC1=CN(CCCCCC(=O)C(CCC)CCC)NN1)C(=O)O. The minimum absolute atomic E-state index is 0.126.